The number of anilines is 3. The normalized spacial score (nSPS) is 11.6. The Labute approximate surface area is 484 Å². The predicted octanol–water partition coefficient (Wildman–Crippen LogP) is 5.76. The quantitative estimate of drug-likeness (QED) is 0.0252. The second kappa shape index (κ2) is 33.6. The van der Waals surface area contributed by atoms with Crippen LogP contribution in [0.15, 0.2) is 46.0 Å². The first-order chi connectivity index (χ1) is 37.4. The van der Waals surface area contributed by atoms with E-state index in [-0.39, 0.29) is 56.4 Å². The summed E-state index contributed by atoms with van der Waals surface area (Å²) in [6.45, 7) is 9.47. The first-order valence-electron chi connectivity index (χ1n) is 22.7. The number of urea groups is 1. The van der Waals surface area contributed by atoms with Crippen molar-refractivity contribution in [3.05, 3.63) is 73.9 Å². The number of carbonyl (C=O) groups is 4. The molecule has 4 heterocycles. The molecule has 5 rings (SSSR count). The van der Waals surface area contributed by atoms with Crippen molar-refractivity contribution in [1.29, 1.82) is 0 Å². The van der Waals surface area contributed by atoms with Gasteiger partial charge in [0.15, 0.2) is 10.7 Å². The van der Waals surface area contributed by atoms with Crippen molar-refractivity contribution in [3.8, 4) is 23.0 Å². The van der Waals surface area contributed by atoms with E-state index in [0.717, 1.165) is 25.7 Å². The van der Waals surface area contributed by atoms with Crippen LogP contribution in [0.1, 0.15) is 61.0 Å². The highest BCUT2D eigenvalue weighted by atomic mass is 79.9. The molecule has 37 heteroatoms. The summed E-state index contributed by atoms with van der Waals surface area (Å²) in [6, 6.07) is 5.03. The molecule has 0 spiro atoms. The molecule has 3 amide bonds. The number of alkyl halides is 3. The van der Waals surface area contributed by atoms with Crippen LogP contribution in [0.4, 0.5) is 40.2 Å². The zero-order valence-corrected chi connectivity index (χ0v) is 51.2. The fourth-order valence-electron chi connectivity index (χ4n) is 5.33. The molecule has 4 aromatic heterocycles. The van der Waals surface area contributed by atoms with Crippen LogP contribution in [0.5, 0.6) is 11.8 Å². The molecule has 0 aliphatic rings. The molecule has 1 unspecified atom stereocenters. The second-order valence-electron chi connectivity index (χ2n) is 16.7. The van der Waals surface area contributed by atoms with E-state index >= 15 is 0 Å². The molecule has 0 aliphatic carbocycles. The molecule has 0 saturated carbocycles. The molecule has 0 bridgehead atoms. The Bertz CT molecular complexity index is 3070. The first-order valence-corrected chi connectivity index (χ1v) is 30.0. The zero-order valence-electron chi connectivity index (χ0n) is 45.6. The van der Waals surface area contributed by atoms with E-state index in [2.05, 4.69) is 85.7 Å². The molecule has 81 heavy (non-hydrogen) atoms. The predicted molar refractivity (Wildman–Crippen MR) is 297 cm³/mol. The summed E-state index contributed by atoms with van der Waals surface area (Å²) in [5.74, 6) is -2.57. The van der Waals surface area contributed by atoms with Gasteiger partial charge in [-0.05, 0) is 97.3 Å². The van der Waals surface area contributed by atoms with Crippen molar-refractivity contribution in [1.82, 2.24) is 54.6 Å². The third kappa shape index (κ3) is 26.5. The Kier molecular flexibility index (Phi) is 30.2. The van der Waals surface area contributed by atoms with Gasteiger partial charge in [0.2, 0.25) is 34.9 Å². The maximum Gasteiger partial charge on any atom is 0.434 e. The number of hydrogen-bond acceptors (Lipinski definition) is 21. The third-order valence-electron chi connectivity index (χ3n) is 8.29. The first kappa shape index (κ1) is 72.8. The smallest absolute Gasteiger partial charge is 0.434 e. The van der Waals surface area contributed by atoms with E-state index in [0.29, 0.717) is 27.5 Å². The van der Waals surface area contributed by atoms with Crippen LogP contribution in [-0.2, 0) is 48.2 Å². The number of methoxy groups -OCH3 is 2. The summed E-state index contributed by atoms with van der Waals surface area (Å²) in [7, 11) is -1.47. The minimum Gasteiger partial charge on any atom is -0.778 e. The lowest BCUT2D eigenvalue weighted by molar-refractivity contribution is -0.193. The number of rotatable bonds is 17. The van der Waals surface area contributed by atoms with Crippen LogP contribution in [0.25, 0.3) is 11.3 Å². The van der Waals surface area contributed by atoms with E-state index < -0.39 is 87.6 Å². The number of amides is 3. The van der Waals surface area contributed by atoms with Crippen LogP contribution >= 0.6 is 46.7 Å². The number of aliphatic carboxylic acids is 1. The maximum atomic E-state index is 14.3. The Morgan fingerprint density at radius 1 is 0.951 bits per heavy atom. The van der Waals surface area contributed by atoms with Gasteiger partial charge in [0.05, 0.1) is 78.6 Å². The summed E-state index contributed by atoms with van der Waals surface area (Å²) in [4.78, 5) is 88.7. The number of pyridine rings is 1. The zero-order chi connectivity index (χ0) is 62.3. The summed E-state index contributed by atoms with van der Waals surface area (Å²) in [5.41, 5.74) is -2.05. The summed E-state index contributed by atoms with van der Waals surface area (Å²) in [6.07, 6.45) is 1.92. The van der Waals surface area contributed by atoms with E-state index in [1.165, 1.54) is 57.6 Å². The number of ether oxygens (including phenoxy) is 3. The van der Waals surface area contributed by atoms with Gasteiger partial charge in [0.1, 0.15) is 19.1 Å². The molecule has 0 radical (unpaired) electrons. The standard InChI is InChI=1S/C15H12BrClF4N2O2.C15H18N6O6S.C8H14ClN5.C3H8NO5P.C3H9S/c1-6(2)25-14(24)7-4-8(10(18)5-9(7)17)12-11(16)13(15(19,20)21)23(3)22-12;1-21(2)13(22)9-6-5-7-16-12(9)28(24,25)20-15(23)19-14-17-10(26-3)8-11(18-14)27-4;1-4-10-7-12-6(9)13-8(14-7)11-5(2)3;5-3(6)1-4-2-10(7,8)9;1-4(2)3/h4-6H,1-3H3;5-8H,1-4H3,(H2,17,18,19,20,23);5H,4H2,1-3H3,(H2,10,11,12,13,14);4H,1-2H2,(H,5,6)(H2,7,8,9);1-3H3/q;;;;+1/p-1. The van der Waals surface area contributed by atoms with E-state index in [9.17, 15) is 54.6 Å². The number of carboxylic acids is 1. The van der Waals surface area contributed by atoms with Gasteiger partial charge in [-0.15, -0.1) is 0 Å². The maximum absolute atomic E-state index is 14.3. The molecule has 0 aliphatic heterocycles. The van der Waals surface area contributed by atoms with Gasteiger partial charge in [-0.1, -0.05) is 11.6 Å². The summed E-state index contributed by atoms with van der Waals surface area (Å²) in [5, 5.41) is 21.3. The Morgan fingerprint density at radius 3 is 1.99 bits per heavy atom. The molecule has 1 atom stereocenters. The van der Waals surface area contributed by atoms with Crippen molar-refractivity contribution >= 4 is 109 Å². The van der Waals surface area contributed by atoms with E-state index in [4.69, 9.17) is 47.4 Å². The molecular formula is C44H60BrCl2F4N14O13PS2. The fourth-order valence-corrected chi connectivity index (χ4v) is 7.92. The Hall–Kier alpha value is -6.26. The molecule has 5 aromatic rings. The van der Waals surface area contributed by atoms with Gasteiger partial charge in [0, 0.05) is 45.5 Å². The average Bonchev–Trinajstić information content (AvgIpc) is 3.97. The van der Waals surface area contributed by atoms with Gasteiger partial charge >= 0.3 is 24.1 Å². The third-order valence-corrected chi connectivity index (χ3v) is 11.4. The SMILES string of the molecule is CC(C)OC(=O)c1cc(-c2nn(C)c(C(F)(F)F)c2Br)c(F)cc1Cl.CCNc1nc(Cl)nc(NC(C)C)n1.COc1cc(OC)nc(NC(=O)NS(=O)(=O)c2ncccc2C(=O)N(C)C)n1.C[S+](C)C.O=C(O)CNCP(=O)([O-])O. The number of benzene rings is 1. The number of carboxylic acid groups (broad SMARTS) is 1. The van der Waals surface area contributed by atoms with Gasteiger partial charge in [0.25, 0.3) is 15.9 Å². The molecule has 450 valence electrons. The van der Waals surface area contributed by atoms with Crippen LogP contribution < -0.4 is 40.4 Å². The Morgan fingerprint density at radius 2 is 1.52 bits per heavy atom. The molecule has 0 fully saturated rings. The number of nitrogens with zero attached hydrogens (tertiary/aromatic N) is 9. The van der Waals surface area contributed by atoms with Crippen molar-refractivity contribution in [2.75, 3.05) is 82.4 Å². The lowest BCUT2D eigenvalue weighted by atomic mass is 10.1. The molecule has 27 nitrogen and oxygen atoms in total. The molecule has 1 aromatic carbocycles. The van der Waals surface area contributed by atoms with Crippen LogP contribution in [0.3, 0.4) is 0 Å². The van der Waals surface area contributed by atoms with E-state index in [1.54, 1.807) is 18.6 Å². The average molecular weight is 1310 g/mol. The Balaban J connectivity index is 0.000000561. The number of sulfonamides is 1. The van der Waals surface area contributed by atoms with Gasteiger partial charge in [-0.25, -0.2) is 23.7 Å². The van der Waals surface area contributed by atoms with Crippen LogP contribution in [0, 0.1) is 5.82 Å². The molecular weight excluding hydrogens is 1250 g/mol. The molecule has 7 N–H and O–H groups in total. The summed E-state index contributed by atoms with van der Waals surface area (Å²) < 4.78 is 105. The number of hydrogen-bond donors (Lipinski definition) is 7. The largest absolute Gasteiger partial charge is 0.778 e. The second-order valence-corrected chi connectivity index (χ2v) is 23.9. The highest BCUT2D eigenvalue weighted by molar-refractivity contribution is 9.10. The number of aromatic nitrogens is 8. The van der Waals surface area contributed by atoms with Gasteiger partial charge in [-0.2, -0.15) is 51.6 Å². The minimum atomic E-state index is -4.69. The number of carbonyl (C=O) groups excluding carboxylic acids is 3. The fraction of sp³-hybridized carbons (Fsp3) is 0.432. The number of nitrogens with one attached hydrogen (secondary N) is 5. The lowest BCUT2D eigenvalue weighted by Gasteiger charge is -2.14. The number of halogens is 7. The lowest BCUT2D eigenvalue weighted by Crippen LogP contribution is -2.36. The number of esters is 1. The van der Waals surface area contributed by atoms with Crippen LogP contribution in [0.2, 0.25) is 10.3 Å². The minimum absolute atomic E-state index is 0.0913. The topological polar surface area (TPSA) is 369 Å². The summed E-state index contributed by atoms with van der Waals surface area (Å²) >= 11 is 14.4. The van der Waals surface area contributed by atoms with Gasteiger partial charge in [-0.3, -0.25) is 24.9 Å². The van der Waals surface area contributed by atoms with Crippen molar-refractivity contribution in [3.63, 3.8) is 0 Å². The monoisotopic (exact) mass is 1310 g/mol. The van der Waals surface area contributed by atoms with E-state index in [1.807, 2.05) is 26.1 Å². The van der Waals surface area contributed by atoms with Crippen molar-refractivity contribution in [2.24, 2.45) is 7.05 Å². The van der Waals surface area contributed by atoms with Gasteiger partial charge < -0.3 is 49.2 Å². The molecule has 0 saturated heterocycles. The number of aryl methyl sites for hydroxylation is 1. The van der Waals surface area contributed by atoms with Crippen LogP contribution in [-0.4, -0.2) is 165 Å². The van der Waals surface area contributed by atoms with Crippen molar-refractivity contribution < 1.29 is 78.8 Å². The van der Waals surface area contributed by atoms with Crippen molar-refractivity contribution in [2.45, 2.75) is 58.0 Å². The highest BCUT2D eigenvalue weighted by Gasteiger charge is 2.39. The highest BCUT2D eigenvalue weighted by Crippen LogP contribution is 2.41.